The Bertz CT molecular complexity index is 717. The van der Waals surface area contributed by atoms with Crippen LogP contribution in [0, 0.1) is 6.92 Å². The molecule has 0 N–H and O–H groups in total. The molecule has 3 rings (SSSR count). The molecular weight excluding hydrogens is 298 g/mol. The van der Waals surface area contributed by atoms with Gasteiger partial charge >= 0.3 is 0 Å². The van der Waals surface area contributed by atoms with Gasteiger partial charge in [0.15, 0.2) is 0 Å². The predicted molar refractivity (Wildman–Crippen MR) is 82.1 cm³/mol. The molecule has 0 radical (unpaired) electrons. The highest BCUT2D eigenvalue weighted by Gasteiger charge is 2.24. The molecule has 0 bridgehead atoms. The van der Waals surface area contributed by atoms with Crippen LogP contribution in [0.15, 0.2) is 33.7 Å². The molecule has 1 amide bonds. The van der Waals surface area contributed by atoms with Crippen LogP contribution in [0.2, 0.25) is 0 Å². The summed E-state index contributed by atoms with van der Waals surface area (Å²) in [5.74, 6) is 0.146. The molecule has 0 saturated carbocycles. The molecule has 2 aromatic heterocycles. The number of aryl methyl sites for hydroxylation is 1. The lowest BCUT2D eigenvalue weighted by atomic mass is 10.3. The van der Waals surface area contributed by atoms with Gasteiger partial charge in [0.1, 0.15) is 0 Å². The van der Waals surface area contributed by atoms with Gasteiger partial charge < -0.3 is 9.42 Å². The third kappa shape index (κ3) is 3.65. The van der Waals surface area contributed by atoms with Gasteiger partial charge in [-0.1, -0.05) is 5.16 Å². The minimum absolute atomic E-state index is 0.0882. The second kappa shape index (κ2) is 6.74. The van der Waals surface area contributed by atoms with Gasteiger partial charge in [0.25, 0.3) is 11.5 Å². The molecule has 2 aromatic rings. The van der Waals surface area contributed by atoms with Crippen LogP contribution in [0.4, 0.5) is 0 Å². The summed E-state index contributed by atoms with van der Waals surface area (Å²) in [5, 5.41) is 7.79. The number of carbonyl (C=O) groups excluding carboxylic acids is 1. The van der Waals surface area contributed by atoms with E-state index in [1.807, 2.05) is 6.92 Å². The van der Waals surface area contributed by atoms with Crippen molar-refractivity contribution in [2.24, 2.45) is 0 Å². The lowest BCUT2D eigenvalue weighted by Gasteiger charge is -2.34. The molecule has 1 aliphatic rings. The lowest BCUT2D eigenvalue weighted by molar-refractivity contribution is 0.0591. The van der Waals surface area contributed by atoms with Crippen molar-refractivity contribution in [1.82, 2.24) is 24.7 Å². The zero-order valence-electron chi connectivity index (χ0n) is 13.0. The van der Waals surface area contributed by atoms with E-state index in [1.165, 1.54) is 16.9 Å². The van der Waals surface area contributed by atoms with Gasteiger partial charge in [-0.25, -0.2) is 4.68 Å². The van der Waals surface area contributed by atoms with E-state index < -0.39 is 0 Å². The van der Waals surface area contributed by atoms with Crippen molar-refractivity contribution in [3.8, 4) is 0 Å². The van der Waals surface area contributed by atoms with Gasteiger partial charge in [-0.15, -0.1) is 0 Å². The van der Waals surface area contributed by atoms with E-state index in [4.69, 9.17) is 4.52 Å². The van der Waals surface area contributed by atoms with Crippen LogP contribution in [0.5, 0.6) is 0 Å². The minimum Gasteiger partial charge on any atom is -0.351 e. The normalized spacial score (nSPS) is 15.8. The van der Waals surface area contributed by atoms with Gasteiger partial charge in [0.2, 0.25) is 5.76 Å². The number of rotatable bonds is 4. The zero-order valence-corrected chi connectivity index (χ0v) is 13.0. The molecule has 1 saturated heterocycles. The highest BCUT2D eigenvalue weighted by molar-refractivity contribution is 5.91. The Morgan fingerprint density at radius 1 is 1.17 bits per heavy atom. The predicted octanol–water partition coefficient (Wildman–Crippen LogP) is -0.00228. The molecule has 8 nitrogen and oxygen atoms in total. The van der Waals surface area contributed by atoms with Crippen LogP contribution in [0.3, 0.4) is 0 Å². The Morgan fingerprint density at radius 2 is 1.96 bits per heavy atom. The summed E-state index contributed by atoms with van der Waals surface area (Å²) in [6, 6.07) is 4.83. The maximum absolute atomic E-state index is 12.1. The molecule has 1 fully saturated rings. The van der Waals surface area contributed by atoms with E-state index in [-0.39, 0.29) is 17.2 Å². The van der Waals surface area contributed by atoms with E-state index in [1.54, 1.807) is 17.0 Å². The van der Waals surface area contributed by atoms with Crippen LogP contribution in [0.25, 0.3) is 0 Å². The van der Waals surface area contributed by atoms with Gasteiger partial charge in [0.05, 0.1) is 18.4 Å². The van der Waals surface area contributed by atoms with Crippen LogP contribution in [-0.4, -0.2) is 63.4 Å². The third-order valence-electron chi connectivity index (χ3n) is 3.94. The quantitative estimate of drug-likeness (QED) is 0.789. The number of aromatic nitrogens is 3. The average Bonchev–Trinajstić information content (AvgIpc) is 3.10. The fraction of sp³-hybridized carbons (Fsp3) is 0.467. The van der Waals surface area contributed by atoms with Gasteiger partial charge in [-0.05, 0) is 13.0 Å². The highest BCUT2D eigenvalue weighted by Crippen LogP contribution is 2.08. The van der Waals surface area contributed by atoms with E-state index in [0.29, 0.717) is 19.6 Å². The summed E-state index contributed by atoms with van der Waals surface area (Å²) >= 11 is 0. The Balaban J connectivity index is 1.50. The van der Waals surface area contributed by atoms with E-state index >= 15 is 0 Å². The number of nitrogens with zero attached hydrogens (tertiary/aromatic N) is 5. The molecule has 23 heavy (non-hydrogen) atoms. The summed E-state index contributed by atoms with van der Waals surface area (Å²) in [4.78, 5) is 27.9. The number of amides is 1. The average molecular weight is 317 g/mol. The molecule has 8 heteroatoms. The topological polar surface area (TPSA) is 84.5 Å². The molecular formula is C15H19N5O3. The number of carbonyl (C=O) groups is 1. The molecule has 3 heterocycles. The van der Waals surface area contributed by atoms with E-state index in [0.717, 1.165) is 25.3 Å². The summed E-state index contributed by atoms with van der Waals surface area (Å²) in [6.45, 7) is 5.95. The zero-order chi connectivity index (χ0) is 16.2. The summed E-state index contributed by atoms with van der Waals surface area (Å²) < 4.78 is 6.39. The first-order chi connectivity index (χ1) is 11.1. The fourth-order valence-corrected chi connectivity index (χ4v) is 2.60. The van der Waals surface area contributed by atoms with Crippen LogP contribution >= 0.6 is 0 Å². The van der Waals surface area contributed by atoms with Crippen molar-refractivity contribution >= 4 is 5.91 Å². The minimum atomic E-state index is -0.126. The van der Waals surface area contributed by atoms with E-state index in [2.05, 4.69) is 15.2 Å². The summed E-state index contributed by atoms with van der Waals surface area (Å²) in [7, 11) is 0. The van der Waals surface area contributed by atoms with Gasteiger partial charge in [-0.2, -0.15) is 5.10 Å². The lowest BCUT2D eigenvalue weighted by Crippen LogP contribution is -2.49. The van der Waals surface area contributed by atoms with Crippen LogP contribution < -0.4 is 5.56 Å². The second-order valence-electron chi connectivity index (χ2n) is 5.55. The van der Waals surface area contributed by atoms with Crippen molar-refractivity contribution < 1.29 is 9.32 Å². The molecule has 1 aliphatic heterocycles. The van der Waals surface area contributed by atoms with Crippen LogP contribution in [0.1, 0.15) is 16.2 Å². The Labute approximate surface area is 133 Å². The SMILES string of the molecule is Cc1ccc(=O)n(CCN2CCN(C(=O)c3ccno3)CC2)n1. The van der Waals surface area contributed by atoms with Crippen LogP contribution in [-0.2, 0) is 6.54 Å². The molecule has 122 valence electrons. The molecule has 0 spiro atoms. The Hall–Kier alpha value is -2.48. The Morgan fingerprint density at radius 3 is 2.65 bits per heavy atom. The largest absolute Gasteiger partial charge is 0.351 e. The van der Waals surface area contributed by atoms with E-state index in [9.17, 15) is 9.59 Å². The van der Waals surface area contributed by atoms with Crippen molar-refractivity contribution in [2.45, 2.75) is 13.5 Å². The number of hydrogen-bond donors (Lipinski definition) is 0. The summed E-state index contributed by atoms with van der Waals surface area (Å²) in [6.07, 6.45) is 1.47. The van der Waals surface area contributed by atoms with Crippen molar-refractivity contribution in [1.29, 1.82) is 0 Å². The third-order valence-corrected chi connectivity index (χ3v) is 3.94. The van der Waals surface area contributed by atoms with Crippen molar-refractivity contribution in [3.63, 3.8) is 0 Å². The maximum Gasteiger partial charge on any atom is 0.292 e. The standard InChI is InChI=1S/C15H19N5O3/c1-12-2-3-14(21)20(17-12)11-8-18-6-9-19(10-7-18)15(22)13-4-5-16-23-13/h2-5H,6-11H2,1H3. The van der Waals surface area contributed by atoms with Crippen molar-refractivity contribution in [2.75, 3.05) is 32.7 Å². The first kappa shape index (κ1) is 15.4. The first-order valence-corrected chi connectivity index (χ1v) is 7.60. The monoisotopic (exact) mass is 317 g/mol. The smallest absolute Gasteiger partial charge is 0.292 e. The molecule has 0 aromatic carbocycles. The van der Waals surface area contributed by atoms with Crippen molar-refractivity contribution in [3.05, 3.63) is 46.2 Å². The number of piperazine rings is 1. The second-order valence-corrected chi connectivity index (χ2v) is 5.55. The molecule has 0 atom stereocenters. The molecule has 0 unspecified atom stereocenters. The first-order valence-electron chi connectivity index (χ1n) is 7.60. The van der Waals surface area contributed by atoms with Gasteiger partial charge in [-0.3, -0.25) is 14.5 Å². The highest BCUT2D eigenvalue weighted by atomic mass is 16.5. The maximum atomic E-state index is 12.1. The summed E-state index contributed by atoms with van der Waals surface area (Å²) in [5.41, 5.74) is 0.738. The molecule has 0 aliphatic carbocycles. The number of hydrogen-bond acceptors (Lipinski definition) is 6. The van der Waals surface area contributed by atoms with Gasteiger partial charge in [0, 0.05) is 44.9 Å². The Kier molecular flexibility index (Phi) is 4.52. The fourth-order valence-electron chi connectivity index (χ4n) is 2.60.